The van der Waals surface area contributed by atoms with Crippen molar-refractivity contribution in [1.29, 1.82) is 0 Å². The number of methoxy groups -OCH3 is 2. The smallest absolute Gasteiger partial charge is 0.407 e. The molecule has 1 aliphatic carbocycles. The second kappa shape index (κ2) is 48.1. The Hall–Kier alpha value is -9.08. The van der Waals surface area contributed by atoms with E-state index in [0.717, 1.165) is 21.9 Å². The first-order chi connectivity index (χ1) is 53.7. The van der Waals surface area contributed by atoms with Crippen molar-refractivity contribution in [3.05, 3.63) is 94.5 Å². The molecule has 2 aliphatic heterocycles. The number of carbonyl (C=O) groups is 12. The van der Waals surface area contributed by atoms with Gasteiger partial charge in [-0.2, -0.15) is 0 Å². The molecule has 1 saturated carbocycles. The van der Waals surface area contributed by atoms with Gasteiger partial charge in [-0.15, -0.1) is 11.3 Å². The van der Waals surface area contributed by atoms with Gasteiger partial charge < -0.3 is 81.2 Å². The minimum absolute atomic E-state index is 0.0215. The Bertz CT molecular complexity index is 3560. The summed E-state index contributed by atoms with van der Waals surface area (Å²) in [6.07, 6.45) is 10.3. The molecule has 0 spiro atoms. The number of hydrogen-bond acceptors (Lipinski definition) is 20. The number of urea groups is 1. The Morgan fingerprint density at radius 1 is 0.732 bits per heavy atom. The number of imide groups is 1. The molecule has 1 saturated heterocycles. The molecule has 0 radical (unpaired) electrons. The van der Waals surface area contributed by atoms with Crippen LogP contribution in [0.1, 0.15) is 167 Å². The van der Waals surface area contributed by atoms with Gasteiger partial charge in [-0.1, -0.05) is 117 Å². The number of aromatic nitrogens is 1. The van der Waals surface area contributed by atoms with E-state index >= 15 is 0 Å². The van der Waals surface area contributed by atoms with E-state index in [0.29, 0.717) is 82.0 Å². The second-order valence-electron chi connectivity index (χ2n) is 29.4. The highest BCUT2D eigenvalue weighted by atomic mass is 32.1. The van der Waals surface area contributed by atoms with Gasteiger partial charge in [0.1, 0.15) is 29.2 Å². The van der Waals surface area contributed by atoms with Crippen LogP contribution >= 0.6 is 11.3 Å². The van der Waals surface area contributed by atoms with Crippen molar-refractivity contribution >= 4 is 94.4 Å². The molecule has 2 fully saturated rings. The molecule has 112 heavy (non-hydrogen) atoms. The van der Waals surface area contributed by atoms with Gasteiger partial charge >= 0.3 is 12.1 Å². The normalized spacial score (nSPS) is 17.1. The van der Waals surface area contributed by atoms with Crippen molar-refractivity contribution in [3.63, 3.8) is 0 Å². The van der Waals surface area contributed by atoms with Gasteiger partial charge in [-0.05, 0) is 98.8 Å². The van der Waals surface area contributed by atoms with E-state index in [1.807, 2.05) is 70.3 Å². The van der Waals surface area contributed by atoms with Gasteiger partial charge in [0.2, 0.25) is 41.4 Å². The monoisotopic (exact) mass is 1580 g/mol. The standard InChI is InChI=1S/C80H119N13O18S/c1-11-54(6)70(63(106-9)49-68(98)92-40-21-25-62(92)71(107-10)55(7)72(99)88-61(75-82-38-47-112-75)48-56-22-14-12-15-23-56)91(8)76(102)59(52(2)3)50-85-77(103)80(34-17-18-35-80)90-65(95)33-41-108-43-45-110-46-44-109-42-37-84-79(105)111-51-57-27-29-58(30-28-57)86-73(100)60(24-20-36-83-78(81)104)87-74(101)69(53(4)5)89-64(94)26-16-13-19-39-93-66(96)31-32-67(93)97/h12,14-15,22-23,27-32,38,47,50,52-55,59-63,69-71H,11,13,16-21,24-26,33-37,39-46,48-49,51H2,1-10H3,(H,84,105)(H,86,100)(H,87,101)(H,88,99)(H,89,94)(H,90,95)(H3,81,83,104)/t54-,55+,59?,60-,61-,62-,63+,69-,70-,71+/m0/s1. The molecule has 3 aromatic rings. The summed E-state index contributed by atoms with van der Waals surface area (Å²) in [5, 5.41) is 22.2. The summed E-state index contributed by atoms with van der Waals surface area (Å²) < 4.78 is 34.4. The molecule has 2 aromatic carbocycles. The fourth-order valence-corrected chi connectivity index (χ4v) is 14.7. The number of likely N-dealkylation sites (tertiary alicyclic amines) is 1. The van der Waals surface area contributed by atoms with Crippen LogP contribution in [0.5, 0.6) is 0 Å². The molecule has 13 amide bonds. The molecule has 9 N–H and O–H groups in total. The summed E-state index contributed by atoms with van der Waals surface area (Å²) in [7, 11) is 4.81. The third-order valence-corrected chi connectivity index (χ3v) is 21.5. The third-order valence-electron chi connectivity index (χ3n) is 20.6. The molecular weight excluding hydrogens is 1460 g/mol. The molecule has 10 atom stereocenters. The van der Waals surface area contributed by atoms with Crippen LogP contribution in [-0.2, 0) is 89.4 Å². The van der Waals surface area contributed by atoms with Crippen LogP contribution in [-0.4, -0.2) is 226 Å². The van der Waals surface area contributed by atoms with Gasteiger partial charge in [-0.25, -0.2) is 19.6 Å². The maximum atomic E-state index is 14.7. The zero-order chi connectivity index (χ0) is 81.7. The molecule has 1 unspecified atom stereocenters. The van der Waals surface area contributed by atoms with Crippen molar-refractivity contribution in [2.45, 2.75) is 206 Å². The van der Waals surface area contributed by atoms with E-state index in [1.165, 1.54) is 29.7 Å². The fraction of sp³-hybridized carbons (Fsp3) is 0.625. The lowest BCUT2D eigenvalue weighted by atomic mass is 9.88. The Balaban J connectivity index is 0.863. The first kappa shape index (κ1) is 91.8. The van der Waals surface area contributed by atoms with E-state index < -0.39 is 77.6 Å². The predicted molar refractivity (Wildman–Crippen MR) is 421 cm³/mol. The van der Waals surface area contributed by atoms with Crippen LogP contribution < -0.4 is 43.0 Å². The largest absolute Gasteiger partial charge is 0.445 e. The van der Waals surface area contributed by atoms with Crippen molar-refractivity contribution < 1.29 is 86.0 Å². The van der Waals surface area contributed by atoms with Gasteiger partial charge in [-0.3, -0.25) is 52.8 Å². The van der Waals surface area contributed by atoms with E-state index in [2.05, 4.69) is 47.2 Å². The van der Waals surface area contributed by atoms with Crippen molar-refractivity contribution in [2.75, 3.05) is 92.4 Å². The number of thiazole rings is 1. The molecule has 3 aliphatic rings. The summed E-state index contributed by atoms with van der Waals surface area (Å²) in [5.41, 5.74) is 6.03. The number of benzene rings is 2. The molecule has 618 valence electrons. The third kappa shape index (κ3) is 29.5. The van der Waals surface area contributed by atoms with Crippen LogP contribution in [0.25, 0.3) is 0 Å². The van der Waals surface area contributed by atoms with Gasteiger partial charge in [0.15, 0.2) is 0 Å². The zero-order valence-electron chi connectivity index (χ0n) is 66.7. The van der Waals surface area contributed by atoms with Crippen molar-refractivity contribution in [2.24, 2.45) is 40.3 Å². The number of carbonyl (C=O) groups excluding carboxylic acids is 12. The second-order valence-corrected chi connectivity index (χ2v) is 30.4. The zero-order valence-corrected chi connectivity index (χ0v) is 67.5. The molecule has 3 heterocycles. The first-order valence-corrected chi connectivity index (χ1v) is 40.0. The highest BCUT2D eigenvalue weighted by Gasteiger charge is 2.45. The van der Waals surface area contributed by atoms with E-state index in [9.17, 15) is 57.5 Å². The van der Waals surface area contributed by atoms with Gasteiger partial charge in [0.05, 0.1) is 88.2 Å². The number of aliphatic imine (C=N–C) groups is 1. The topological polar surface area (TPSA) is 405 Å². The van der Waals surface area contributed by atoms with Crippen LogP contribution in [0.15, 0.2) is 83.3 Å². The molecule has 32 heteroatoms. The van der Waals surface area contributed by atoms with Crippen molar-refractivity contribution in [3.8, 4) is 0 Å². The lowest BCUT2D eigenvalue weighted by Gasteiger charge is -2.40. The number of rotatable bonds is 50. The van der Waals surface area contributed by atoms with Gasteiger partial charge in [0.25, 0.3) is 17.7 Å². The summed E-state index contributed by atoms with van der Waals surface area (Å²) in [4.78, 5) is 172. The number of anilines is 1. The number of primary amides is 1. The highest BCUT2D eigenvalue weighted by Crippen LogP contribution is 2.34. The molecule has 6 rings (SSSR count). The molecule has 31 nitrogen and oxygen atoms in total. The van der Waals surface area contributed by atoms with E-state index in [-0.39, 0.29) is 169 Å². The molecule has 0 bridgehead atoms. The lowest BCUT2D eigenvalue weighted by molar-refractivity contribution is -0.147. The number of alkyl carbamates (subject to hydrolysis) is 1. The average molecular weight is 1580 g/mol. The number of amides is 13. The minimum atomic E-state index is -1.24. The van der Waals surface area contributed by atoms with Crippen molar-refractivity contribution in [1.82, 2.24) is 51.6 Å². The fourth-order valence-electron chi connectivity index (χ4n) is 14.1. The van der Waals surface area contributed by atoms with E-state index in [1.54, 1.807) is 75.4 Å². The first-order valence-electron chi connectivity index (χ1n) is 39.2. The Morgan fingerprint density at radius 3 is 2.04 bits per heavy atom. The Labute approximate surface area is 661 Å². The number of nitrogens with zero attached hydrogens (tertiary/aromatic N) is 5. The quantitative estimate of drug-likeness (QED) is 0.0167. The Kier molecular flexibility index (Phi) is 39.4. The van der Waals surface area contributed by atoms with Crippen LogP contribution in [0, 0.1) is 29.6 Å². The maximum Gasteiger partial charge on any atom is 0.407 e. The number of ether oxygens (including phenoxy) is 6. The van der Waals surface area contributed by atoms with Crippen LogP contribution in [0.4, 0.5) is 15.3 Å². The maximum absolute atomic E-state index is 14.7. The Morgan fingerprint density at radius 2 is 1.41 bits per heavy atom. The number of hydrogen-bond donors (Lipinski definition) is 8. The summed E-state index contributed by atoms with van der Waals surface area (Å²) in [5.74, 6) is -6.04. The number of likely N-dealkylation sites (N-methyl/N-ethyl adjacent to an activating group) is 1. The number of unbranched alkanes of at least 4 members (excludes halogenated alkanes) is 2. The summed E-state index contributed by atoms with van der Waals surface area (Å²) in [6.45, 7) is 15.1. The summed E-state index contributed by atoms with van der Waals surface area (Å²) >= 11 is 1.48. The minimum Gasteiger partial charge on any atom is -0.445 e. The van der Waals surface area contributed by atoms with E-state index in [4.69, 9.17) is 34.2 Å². The number of nitrogens with two attached hydrogens (primary N) is 1. The number of nitrogens with one attached hydrogen (secondary N) is 7. The van der Waals surface area contributed by atoms with Crippen LogP contribution in [0.2, 0.25) is 0 Å². The average Bonchev–Trinajstić information content (AvgIpc) is 1.40. The summed E-state index contributed by atoms with van der Waals surface area (Å²) in [6, 6.07) is 12.3. The predicted octanol–water partition coefficient (Wildman–Crippen LogP) is 6.63. The van der Waals surface area contributed by atoms with Crippen LogP contribution in [0.3, 0.4) is 0 Å². The lowest BCUT2D eigenvalue weighted by Crippen LogP contribution is -2.54. The molecule has 1 aromatic heterocycles. The SMILES string of the molecule is CC[C@H](C)[C@@H]([C@@H](CC(=O)N1CCC[C@H]1[C@H](OC)[C@@H](C)C(=O)N[C@@H](Cc1ccccc1)c1nccs1)OC)N(C)C(=O)C(C=NC(=O)C1(NC(=O)CCOCCOCCOCCNC(=O)OCc2ccc(NC(=O)[C@H](CCCNC(N)=O)NC(=O)[C@@H](NC(=O)CCCCCN3C(=O)C=CC3=O)C(C)C)cc2)CCCC1)C(C)C. The van der Waals surface area contributed by atoms with Gasteiger partial charge in [0, 0.05) is 95.9 Å². The highest BCUT2D eigenvalue weighted by molar-refractivity contribution is 7.09. The molecular formula is C80H119N13O18S.